The van der Waals surface area contributed by atoms with Crippen LogP contribution < -0.4 is 9.64 Å². The lowest BCUT2D eigenvalue weighted by molar-refractivity contribution is 0.0674. The van der Waals surface area contributed by atoms with Crippen LogP contribution in [0.1, 0.15) is 22.8 Å². The van der Waals surface area contributed by atoms with E-state index in [4.69, 9.17) is 27.9 Å². The largest absolute Gasteiger partial charge is 0.439 e. The smallest absolute Gasteiger partial charge is 0.255 e. The molecule has 4 rings (SSSR count). The fraction of sp³-hybridized carbons (Fsp3) is 0.261. The molecule has 1 atom stereocenters. The van der Waals surface area contributed by atoms with Gasteiger partial charge in [0.2, 0.25) is 5.88 Å². The second-order valence-electron chi connectivity index (χ2n) is 7.55. The van der Waals surface area contributed by atoms with Gasteiger partial charge in [0.1, 0.15) is 17.9 Å². The molecule has 2 heterocycles. The fourth-order valence-electron chi connectivity index (χ4n) is 3.64. The molecule has 0 spiro atoms. The Balaban J connectivity index is 1.45. The number of hydrogen-bond donors (Lipinski definition) is 0. The van der Waals surface area contributed by atoms with Crippen LogP contribution in [0.5, 0.6) is 11.6 Å². The number of anilines is 1. The van der Waals surface area contributed by atoms with Gasteiger partial charge in [-0.3, -0.25) is 4.79 Å². The van der Waals surface area contributed by atoms with Gasteiger partial charge in [-0.25, -0.2) is 9.97 Å². The minimum Gasteiger partial charge on any atom is -0.439 e. The minimum absolute atomic E-state index is 0.0240. The highest BCUT2D eigenvalue weighted by Crippen LogP contribution is 2.27. The number of benzene rings is 2. The van der Waals surface area contributed by atoms with Crippen LogP contribution in [0.2, 0.25) is 10.0 Å². The number of ether oxygens (including phenoxy) is 1. The molecule has 3 aromatic rings. The molecule has 31 heavy (non-hydrogen) atoms. The van der Waals surface area contributed by atoms with Crippen LogP contribution in [0.4, 0.5) is 5.82 Å². The van der Waals surface area contributed by atoms with Gasteiger partial charge < -0.3 is 14.5 Å². The van der Waals surface area contributed by atoms with Crippen molar-refractivity contribution in [2.75, 3.05) is 24.5 Å². The first-order valence-corrected chi connectivity index (χ1v) is 10.7. The number of piperazine rings is 1. The Morgan fingerprint density at radius 2 is 1.94 bits per heavy atom. The van der Waals surface area contributed by atoms with Crippen molar-refractivity contribution in [3.63, 3.8) is 0 Å². The summed E-state index contributed by atoms with van der Waals surface area (Å²) in [6.07, 6.45) is 1.50. The van der Waals surface area contributed by atoms with Gasteiger partial charge >= 0.3 is 0 Å². The molecule has 0 unspecified atom stereocenters. The molecule has 1 aliphatic heterocycles. The molecule has 0 bridgehead atoms. The number of nitrogens with zero attached hydrogens (tertiary/aromatic N) is 4. The molecule has 2 aromatic carbocycles. The standard InChI is InChI=1S/C23H22Cl2N4O2/c1-15-4-3-5-18(10-15)31-22-12-21(26-14-27-22)28-8-9-29(16(2)13-28)23(30)19-7-6-17(24)11-20(19)25/h3-7,10-12,14,16H,8-9,13H2,1-2H3/t16-/m0/s1. The molecule has 0 radical (unpaired) electrons. The molecular weight excluding hydrogens is 435 g/mol. The van der Waals surface area contributed by atoms with E-state index < -0.39 is 0 Å². The Kier molecular flexibility index (Phi) is 6.30. The van der Waals surface area contributed by atoms with E-state index in [1.54, 1.807) is 18.2 Å². The summed E-state index contributed by atoms with van der Waals surface area (Å²) in [6, 6.07) is 14.5. The van der Waals surface area contributed by atoms with E-state index >= 15 is 0 Å². The molecule has 0 saturated carbocycles. The van der Waals surface area contributed by atoms with Gasteiger partial charge in [0, 0.05) is 36.8 Å². The van der Waals surface area contributed by atoms with E-state index in [-0.39, 0.29) is 11.9 Å². The van der Waals surface area contributed by atoms with Gasteiger partial charge in [-0.15, -0.1) is 0 Å². The summed E-state index contributed by atoms with van der Waals surface area (Å²) in [4.78, 5) is 25.6. The van der Waals surface area contributed by atoms with Crippen LogP contribution in [0.15, 0.2) is 54.9 Å². The van der Waals surface area contributed by atoms with E-state index in [0.717, 1.165) is 17.1 Å². The lowest BCUT2D eigenvalue weighted by atomic mass is 10.1. The lowest BCUT2D eigenvalue weighted by Crippen LogP contribution is -2.54. The Morgan fingerprint density at radius 1 is 1.10 bits per heavy atom. The van der Waals surface area contributed by atoms with Crippen molar-refractivity contribution < 1.29 is 9.53 Å². The predicted molar refractivity (Wildman–Crippen MR) is 122 cm³/mol. The van der Waals surface area contributed by atoms with Crippen molar-refractivity contribution in [3.8, 4) is 11.6 Å². The third-order valence-corrected chi connectivity index (χ3v) is 5.76. The molecule has 1 fully saturated rings. The van der Waals surface area contributed by atoms with E-state index in [2.05, 4.69) is 14.9 Å². The highest BCUT2D eigenvalue weighted by molar-refractivity contribution is 6.36. The van der Waals surface area contributed by atoms with Crippen LogP contribution in [0, 0.1) is 6.92 Å². The molecular formula is C23H22Cl2N4O2. The van der Waals surface area contributed by atoms with Gasteiger partial charge in [0.15, 0.2) is 0 Å². The number of hydrogen-bond acceptors (Lipinski definition) is 5. The van der Waals surface area contributed by atoms with Crippen molar-refractivity contribution >= 4 is 34.9 Å². The maximum atomic E-state index is 13.0. The minimum atomic E-state index is -0.0972. The lowest BCUT2D eigenvalue weighted by Gasteiger charge is -2.40. The zero-order chi connectivity index (χ0) is 22.0. The Morgan fingerprint density at radius 3 is 2.68 bits per heavy atom. The van der Waals surface area contributed by atoms with Gasteiger partial charge in [-0.2, -0.15) is 0 Å². The summed E-state index contributed by atoms with van der Waals surface area (Å²) in [5.74, 6) is 1.88. The third kappa shape index (κ3) is 4.92. The summed E-state index contributed by atoms with van der Waals surface area (Å²) in [5.41, 5.74) is 1.57. The highest BCUT2D eigenvalue weighted by atomic mass is 35.5. The number of carbonyl (C=O) groups is 1. The maximum Gasteiger partial charge on any atom is 0.255 e. The number of halogens is 2. The van der Waals surface area contributed by atoms with Crippen molar-refractivity contribution in [2.45, 2.75) is 19.9 Å². The third-order valence-electron chi connectivity index (χ3n) is 5.21. The zero-order valence-electron chi connectivity index (χ0n) is 17.3. The summed E-state index contributed by atoms with van der Waals surface area (Å²) in [6.45, 7) is 5.86. The Hall–Kier alpha value is -2.83. The first-order valence-electron chi connectivity index (χ1n) is 9.98. The van der Waals surface area contributed by atoms with Crippen LogP contribution in [-0.2, 0) is 0 Å². The van der Waals surface area contributed by atoms with Gasteiger partial charge in [-0.05, 0) is 49.7 Å². The number of rotatable bonds is 4. The quantitative estimate of drug-likeness (QED) is 0.537. The van der Waals surface area contributed by atoms with Gasteiger partial charge in [0.05, 0.1) is 10.6 Å². The van der Waals surface area contributed by atoms with Crippen LogP contribution in [0.25, 0.3) is 0 Å². The molecule has 1 aromatic heterocycles. The second-order valence-corrected chi connectivity index (χ2v) is 8.39. The highest BCUT2D eigenvalue weighted by Gasteiger charge is 2.30. The number of aromatic nitrogens is 2. The summed E-state index contributed by atoms with van der Waals surface area (Å²) >= 11 is 12.2. The van der Waals surface area contributed by atoms with Crippen LogP contribution >= 0.6 is 23.2 Å². The SMILES string of the molecule is Cc1cccc(Oc2cc(N3CCN(C(=O)c4ccc(Cl)cc4Cl)[C@@H](C)C3)ncn2)c1. The first kappa shape index (κ1) is 21.4. The Bertz CT molecular complexity index is 1110. The van der Waals surface area contributed by atoms with E-state index in [1.807, 2.05) is 49.1 Å². The molecule has 8 heteroatoms. The predicted octanol–water partition coefficient (Wildman–Crippen LogP) is 5.24. The van der Waals surface area contributed by atoms with Crippen LogP contribution in [0.3, 0.4) is 0 Å². The van der Waals surface area contributed by atoms with Crippen molar-refractivity contribution in [2.24, 2.45) is 0 Å². The molecule has 160 valence electrons. The monoisotopic (exact) mass is 456 g/mol. The summed E-state index contributed by atoms with van der Waals surface area (Å²) in [7, 11) is 0. The Labute approximate surface area is 191 Å². The molecule has 0 N–H and O–H groups in total. The number of amides is 1. The number of aryl methyl sites for hydroxylation is 1. The molecule has 1 saturated heterocycles. The van der Waals surface area contributed by atoms with E-state index in [1.165, 1.54) is 6.33 Å². The average Bonchev–Trinajstić information content (AvgIpc) is 2.73. The normalized spacial score (nSPS) is 16.3. The van der Waals surface area contributed by atoms with E-state index in [0.29, 0.717) is 41.1 Å². The molecule has 1 amide bonds. The molecule has 0 aliphatic carbocycles. The first-order chi connectivity index (χ1) is 14.9. The van der Waals surface area contributed by atoms with Crippen molar-refractivity contribution in [1.82, 2.24) is 14.9 Å². The topological polar surface area (TPSA) is 58.6 Å². The zero-order valence-corrected chi connectivity index (χ0v) is 18.8. The average molecular weight is 457 g/mol. The van der Waals surface area contributed by atoms with Crippen LogP contribution in [-0.4, -0.2) is 46.5 Å². The second kappa shape index (κ2) is 9.12. The maximum absolute atomic E-state index is 13.0. The van der Waals surface area contributed by atoms with Crippen molar-refractivity contribution in [1.29, 1.82) is 0 Å². The number of carbonyl (C=O) groups excluding carboxylic acids is 1. The molecule has 6 nitrogen and oxygen atoms in total. The summed E-state index contributed by atoms with van der Waals surface area (Å²) in [5, 5.41) is 0.868. The van der Waals surface area contributed by atoms with Gasteiger partial charge in [-0.1, -0.05) is 35.3 Å². The fourth-order valence-corrected chi connectivity index (χ4v) is 4.13. The molecule has 1 aliphatic rings. The van der Waals surface area contributed by atoms with Crippen molar-refractivity contribution in [3.05, 3.63) is 76.0 Å². The van der Waals surface area contributed by atoms with Gasteiger partial charge in [0.25, 0.3) is 5.91 Å². The van der Waals surface area contributed by atoms with E-state index in [9.17, 15) is 4.79 Å². The summed E-state index contributed by atoms with van der Waals surface area (Å²) < 4.78 is 5.89.